The molecule has 4 rings (SSSR count). The topological polar surface area (TPSA) is 56.2 Å². The van der Waals surface area contributed by atoms with E-state index in [-0.39, 0.29) is 0 Å². The zero-order chi connectivity index (χ0) is 13.7. The van der Waals surface area contributed by atoms with Crippen LogP contribution in [0.2, 0.25) is 0 Å². The third-order valence-corrected chi connectivity index (χ3v) is 4.49. The number of para-hydroxylation sites is 1. The van der Waals surface area contributed by atoms with Gasteiger partial charge in [0.1, 0.15) is 0 Å². The summed E-state index contributed by atoms with van der Waals surface area (Å²) >= 11 is 1.64. The SMILES string of the molecule is Cc1ccc(-c2nnc3sc4ccccc4n23)cc1N. The minimum atomic E-state index is 0.777. The highest BCUT2D eigenvalue weighted by Gasteiger charge is 2.13. The first-order chi connectivity index (χ1) is 9.74. The highest BCUT2D eigenvalue weighted by Crippen LogP contribution is 2.30. The van der Waals surface area contributed by atoms with Crippen LogP contribution in [0.1, 0.15) is 5.56 Å². The van der Waals surface area contributed by atoms with Crippen LogP contribution in [-0.2, 0) is 0 Å². The maximum Gasteiger partial charge on any atom is 0.217 e. The summed E-state index contributed by atoms with van der Waals surface area (Å²) in [5.74, 6) is 0.837. The first-order valence-electron chi connectivity index (χ1n) is 6.33. The van der Waals surface area contributed by atoms with E-state index in [0.29, 0.717) is 0 Å². The number of nitrogens with zero attached hydrogens (tertiary/aromatic N) is 3. The van der Waals surface area contributed by atoms with E-state index in [2.05, 4.69) is 26.7 Å². The molecule has 0 aliphatic rings. The van der Waals surface area contributed by atoms with E-state index < -0.39 is 0 Å². The minimum absolute atomic E-state index is 0.777. The predicted octanol–water partition coefficient (Wildman–Crippen LogP) is 3.50. The van der Waals surface area contributed by atoms with E-state index in [1.807, 2.05) is 37.3 Å². The molecule has 0 saturated heterocycles. The van der Waals surface area contributed by atoms with Crippen LogP contribution in [0.25, 0.3) is 26.6 Å². The van der Waals surface area contributed by atoms with Crippen LogP contribution in [0.15, 0.2) is 42.5 Å². The molecule has 2 N–H and O–H groups in total. The maximum atomic E-state index is 6.00. The lowest BCUT2D eigenvalue weighted by Gasteiger charge is -2.03. The number of anilines is 1. The second-order valence-corrected chi connectivity index (χ2v) is 5.79. The number of rotatable bonds is 1. The van der Waals surface area contributed by atoms with Crippen molar-refractivity contribution in [3.8, 4) is 11.4 Å². The van der Waals surface area contributed by atoms with E-state index >= 15 is 0 Å². The van der Waals surface area contributed by atoms with Gasteiger partial charge >= 0.3 is 0 Å². The molecule has 0 radical (unpaired) electrons. The fraction of sp³-hybridized carbons (Fsp3) is 0.0667. The Morgan fingerprint density at radius 3 is 2.80 bits per heavy atom. The zero-order valence-corrected chi connectivity index (χ0v) is 11.7. The van der Waals surface area contributed by atoms with Gasteiger partial charge in [0.2, 0.25) is 4.96 Å². The van der Waals surface area contributed by atoms with Crippen molar-refractivity contribution in [2.24, 2.45) is 0 Å². The van der Waals surface area contributed by atoms with Gasteiger partial charge in [-0.05, 0) is 30.7 Å². The van der Waals surface area contributed by atoms with Gasteiger partial charge in [-0.15, -0.1) is 10.2 Å². The average molecular weight is 280 g/mol. The lowest BCUT2D eigenvalue weighted by atomic mass is 10.1. The van der Waals surface area contributed by atoms with Crippen molar-refractivity contribution < 1.29 is 0 Å². The summed E-state index contributed by atoms with van der Waals surface area (Å²) in [6.07, 6.45) is 0. The van der Waals surface area contributed by atoms with E-state index in [9.17, 15) is 0 Å². The summed E-state index contributed by atoms with van der Waals surface area (Å²) in [5, 5.41) is 8.59. The van der Waals surface area contributed by atoms with Crippen LogP contribution in [-0.4, -0.2) is 14.6 Å². The number of thiazole rings is 1. The summed E-state index contributed by atoms with van der Waals surface area (Å²) in [6.45, 7) is 2.00. The zero-order valence-electron chi connectivity index (χ0n) is 10.9. The molecule has 0 bridgehead atoms. The van der Waals surface area contributed by atoms with Crippen LogP contribution < -0.4 is 5.73 Å². The minimum Gasteiger partial charge on any atom is -0.398 e. The molecule has 0 aliphatic carbocycles. The smallest absolute Gasteiger partial charge is 0.217 e. The molecule has 0 atom stereocenters. The first kappa shape index (κ1) is 11.4. The second-order valence-electron chi connectivity index (χ2n) is 4.78. The fourth-order valence-corrected chi connectivity index (χ4v) is 3.31. The molecular formula is C15H12N4S. The standard InChI is InChI=1S/C15H12N4S/c1-9-6-7-10(8-11(9)16)14-17-18-15-19(14)12-4-2-3-5-13(12)20-15/h2-8H,16H2,1H3. The number of aryl methyl sites for hydroxylation is 1. The maximum absolute atomic E-state index is 6.00. The Balaban J connectivity index is 2.06. The number of fused-ring (bicyclic) bond motifs is 3. The molecule has 0 saturated carbocycles. The molecule has 2 heterocycles. The van der Waals surface area contributed by atoms with Crippen molar-refractivity contribution in [1.29, 1.82) is 0 Å². The third-order valence-electron chi connectivity index (χ3n) is 3.48. The van der Waals surface area contributed by atoms with Crippen molar-refractivity contribution in [2.45, 2.75) is 6.92 Å². The van der Waals surface area contributed by atoms with Crippen molar-refractivity contribution in [1.82, 2.24) is 14.6 Å². The van der Waals surface area contributed by atoms with Crippen molar-refractivity contribution in [2.75, 3.05) is 5.73 Å². The van der Waals surface area contributed by atoms with Crippen LogP contribution in [0.3, 0.4) is 0 Å². The summed E-state index contributed by atoms with van der Waals surface area (Å²) in [4.78, 5) is 0.903. The number of nitrogens with two attached hydrogens (primary N) is 1. The Labute approximate surface area is 119 Å². The highest BCUT2D eigenvalue weighted by atomic mass is 32.1. The van der Waals surface area contributed by atoms with Gasteiger partial charge in [0, 0.05) is 11.3 Å². The molecule has 0 fully saturated rings. The lowest BCUT2D eigenvalue weighted by molar-refractivity contribution is 1.12. The average Bonchev–Trinajstić information content (AvgIpc) is 3.00. The largest absolute Gasteiger partial charge is 0.398 e. The van der Waals surface area contributed by atoms with Gasteiger partial charge in [-0.1, -0.05) is 35.6 Å². The molecule has 2 aromatic heterocycles. The van der Waals surface area contributed by atoms with E-state index in [0.717, 1.165) is 33.1 Å². The normalized spacial score (nSPS) is 11.4. The van der Waals surface area contributed by atoms with Crippen molar-refractivity contribution in [3.05, 3.63) is 48.0 Å². The molecule has 2 aromatic carbocycles. The number of benzene rings is 2. The fourth-order valence-electron chi connectivity index (χ4n) is 2.35. The van der Waals surface area contributed by atoms with Gasteiger partial charge in [0.15, 0.2) is 5.82 Å². The monoisotopic (exact) mass is 280 g/mol. The van der Waals surface area contributed by atoms with Crippen molar-refractivity contribution >= 4 is 32.2 Å². The number of aromatic nitrogens is 3. The summed E-state index contributed by atoms with van der Waals surface area (Å²) in [5.41, 5.74) is 9.98. The predicted molar refractivity (Wildman–Crippen MR) is 83.0 cm³/mol. The Hall–Kier alpha value is -2.40. The second kappa shape index (κ2) is 4.05. The van der Waals surface area contributed by atoms with E-state index in [1.165, 1.54) is 4.70 Å². The molecule has 4 nitrogen and oxygen atoms in total. The molecular weight excluding hydrogens is 268 g/mol. The summed E-state index contributed by atoms with van der Waals surface area (Å²) < 4.78 is 3.29. The molecule has 0 spiro atoms. The molecule has 20 heavy (non-hydrogen) atoms. The van der Waals surface area contributed by atoms with Gasteiger partial charge in [0.25, 0.3) is 0 Å². The Morgan fingerprint density at radius 1 is 1.10 bits per heavy atom. The molecule has 0 aliphatic heterocycles. The van der Waals surface area contributed by atoms with E-state index in [1.54, 1.807) is 11.3 Å². The van der Waals surface area contributed by atoms with Crippen LogP contribution in [0.4, 0.5) is 5.69 Å². The van der Waals surface area contributed by atoms with Gasteiger partial charge in [-0.2, -0.15) is 0 Å². The van der Waals surface area contributed by atoms with Crippen LogP contribution in [0.5, 0.6) is 0 Å². The van der Waals surface area contributed by atoms with Gasteiger partial charge in [0.05, 0.1) is 10.2 Å². The first-order valence-corrected chi connectivity index (χ1v) is 7.15. The Bertz CT molecular complexity index is 936. The molecule has 0 unspecified atom stereocenters. The number of hydrogen-bond acceptors (Lipinski definition) is 4. The third kappa shape index (κ3) is 1.53. The molecule has 4 aromatic rings. The quantitative estimate of drug-likeness (QED) is 0.543. The van der Waals surface area contributed by atoms with Crippen LogP contribution >= 0.6 is 11.3 Å². The van der Waals surface area contributed by atoms with E-state index in [4.69, 9.17) is 5.73 Å². The van der Waals surface area contributed by atoms with Crippen molar-refractivity contribution in [3.63, 3.8) is 0 Å². The summed E-state index contributed by atoms with van der Waals surface area (Å²) in [6, 6.07) is 14.3. The molecule has 0 amide bonds. The highest BCUT2D eigenvalue weighted by molar-refractivity contribution is 7.23. The Kier molecular flexibility index (Phi) is 2.31. The molecule has 5 heteroatoms. The van der Waals surface area contributed by atoms with Gasteiger partial charge in [-0.25, -0.2) is 0 Å². The summed E-state index contributed by atoms with van der Waals surface area (Å²) in [7, 11) is 0. The van der Waals surface area contributed by atoms with Gasteiger partial charge < -0.3 is 5.73 Å². The number of nitrogen functional groups attached to an aromatic ring is 1. The Morgan fingerprint density at radius 2 is 1.95 bits per heavy atom. The van der Waals surface area contributed by atoms with Gasteiger partial charge in [-0.3, -0.25) is 4.40 Å². The number of hydrogen-bond donors (Lipinski definition) is 1. The van der Waals surface area contributed by atoms with Crippen LogP contribution in [0, 0.1) is 6.92 Å². The lowest BCUT2D eigenvalue weighted by Crippen LogP contribution is -1.93. The molecule has 98 valence electrons.